The molecule has 3 N–H and O–H groups in total. The van der Waals surface area contributed by atoms with Crippen LogP contribution in [0.25, 0.3) is 0 Å². The fraction of sp³-hybridized carbons (Fsp3) is 0.600. The van der Waals surface area contributed by atoms with Crippen molar-refractivity contribution in [2.45, 2.75) is 6.42 Å². The number of aliphatic carboxylic acids is 1. The number of rotatable bonds is 6. The smallest absolute Gasteiger partial charge is 1.00 e. The summed E-state index contributed by atoms with van der Waals surface area (Å²) >= 11 is 0. The number of carboxylic acids is 1. The number of β-amino-alcohol motifs (C(OH)–C–C–N with tert-alkyl or cyclic N) is 1. The Kier molecular flexibility index (Phi) is 10.7. The Bertz CT molecular complexity index is 300. The molecule has 6 nitrogen and oxygen atoms in total. The summed E-state index contributed by atoms with van der Waals surface area (Å²) in [6, 6.07) is 0. The third kappa shape index (κ3) is 5.65. The summed E-state index contributed by atoms with van der Waals surface area (Å²) in [5, 5.41) is 17.6. The number of aliphatic hydroxyl groups is 1. The second-order valence-electron chi connectivity index (χ2n) is 3.43. The van der Waals surface area contributed by atoms with Crippen LogP contribution in [-0.2, 0) is 4.79 Å². The molecule has 0 amide bonds. The third-order valence-electron chi connectivity index (χ3n) is 2.39. The molecule has 7 heteroatoms. The maximum atomic E-state index is 10.6. The van der Waals surface area contributed by atoms with Crippen molar-refractivity contribution in [2.75, 3.05) is 32.8 Å². The van der Waals surface area contributed by atoms with Crippen molar-refractivity contribution in [1.82, 2.24) is 4.90 Å². The summed E-state index contributed by atoms with van der Waals surface area (Å²) in [4.78, 5) is 12.6. The van der Waals surface area contributed by atoms with E-state index in [1.807, 2.05) is 9.48 Å². The maximum absolute atomic E-state index is 10.6. The molecule has 1 rings (SSSR count). The molecule has 1 heterocycles. The van der Waals surface area contributed by atoms with Crippen LogP contribution in [0.1, 0.15) is 7.85 Å². The summed E-state index contributed by atoms with van der Waals surface area (Å²) in [7, 11) is 0. The molecular formula is C10H19N2NaO4. The molecule has 0 aliphatic carbocycles. The second-order valence-corrected chi connectivity index (χ2v) is 3.43. The first-order valence-electron chi connectivity index (χ1n) is 4.98. The Balaban J connectivity index is -0.000000750. The van der Waals surface area contributed by atoms with Gasteiger partial charge in [-0.3, -0.25) is 9.48 Å². The van der Waals surface area contributed by atoms with Gasteiger partial charge in [-0.2, -0.15) is 0 Å². The van der Waals surface area contributed by atoms with E-state index in [9.17, 15) is 4.79 Å². The van der Waals surface area contributed by atoms with E-state index < -0.39 is 5.97 Å². The number of nitrogens with zero attached hydrogens (tertiary/aromatic N) is 2. The molecule has 0 spiro atoms. The van der Waals surface area contributed by atoms with Gasteiger partial charge in [-0.05, 0) is 0 Å². The zero-order chi connectivity index (χ0) is 11.3. The summed E-state index contributed by atoms with van der Waals surface area (Å²) < 4.78 is 1.82. The van der Waals surface area contributed by atoms with Crippen LogP contribution >= 0.6 is 0 Å². The van der Waals surface area contributed by atoms with E-state index in [1.54, 1.807) is 6.08 Å². The van der Waals surface area contributed by atoms with Gasteiger partial charge >= 0.3 is 35.5 Å². The third-order valence-corrected chi connectivity index (χ3v) is 2.39. The van der Waals surface area contributed by atoms with Gasteiger partial charge in [0.05, 0.1) is 13.0 Å². The van der Waals surface area contributed by atoms with Crippen LogP contribution in [0.3, 0.4) is 0 Å². The normalized spacial score (nSPS) is 14.1. The minimum Gasteiger partial charge on any atom is -1.00 e. The molecule has 0 saturated carbocycles. The van der Waals surface area contributed by atoms with E-state index >= 15 is 0 Å². The van der Waals surface area contributed by atoms with Gasteiger partial charge in [0.2, 0.25) is 0 Å². The summed E-state index contributed by atoms with van der Waals surface area (Å²) in [5.41, 5.74) is 0. The Hall–Kier alpha value is -0.400. The number of aliphatic hydroxyl groups excluding tert-OH is 1. The van der Waals surface area contributed by atoms with Gasteiger partial charge in [-0.1, -0.05) is 6.08 Å². The fourth-order valence-electron chi connectivity index (χ4n) is 1.78. The number of amidine groups is 1. The second kappa shape index (κ2) is 9.61. The first kappa shape index (κ1) is 19.0. The predicted octanol–water partition coefficient (Wildman–Crippen LogP) is -3.69. The monoisotopic (exact) mass is 254 g/mol. The van der Waals surface area contributed by atoms with Crippen LogP contribution in [0.2, 0.25) is 0 Å². The van der Waals surface area contributed by atoms with Gasteiger partial charge in [-0.15, -0.1) is 6.58 Å². The molecule has 0 aromatic carbocycles. The van der Waals surface area contributed by atoms with Gasteiger partial charge in [0, 0.05) is 0 Å². The van der Waals surface area contributed by atoms with E-state index in [4.69, 9.17) is 10.2 Å². The molecule has 0 aromatic rings. The SMILES string of the molecule is C=CCC1=[N+](CC(=O)O)CCN1CCO.[H-].[Na+].[OH-]. The van der Waals surface area contributed by atoms with Gasteiger partial charge in [-0.25, -0.2) is 4.79 Å². The summed E-state index contributed by atoms with van der Waals surface area (Å²) in [6.07, 6.45) is 2.40. The van der Waals surface area contributed by atoms with Gasteiger partial charge in [0.1, 0.15) is 19.6 Å². The van der Waals surface area contributed by atoms with Gasteiger partial charge < -0.3 is 17.1 Å². The van der Waals surface area contributed by atoms with Crippen LogP contribution in [-0.4, -0.2) is 69.8 Å². The topological polar surface area (TPSA) is 93.8 Å². The molecule has 0 unspecified atom stereocenters. The number of carbonyl (C=O) groups is 1. The molecular weight excluding hydrogens is 235 g/mol. The Morgan fingerprint density at radius 1 is 1.65 bits per heavy atom. The van der Waals surface area contributed by atoms with Crippen molar-refractivity contribution < 1.29 is 56.0 Å². The standard InChI is InChI=1S/C10H16N2O3.Na.H2O.H/c1-2-3-9-11(6-7-13)4-5-12(9)8-10(14)15;;;/h2,13H,1,3-8H2;;1H2;/q;+1;;-1. The Morgan fingerprint density at radius 3 is 2.76 bits per heavy atom. The van der Waals surface area contributed by atoms with Crippen LogP contribution in [0.15, 0.2) is 12.7 Å². The molecule has 0 aromatic heterocycles. The Labute approximate surface area is 124 Å². The predicted molar refractivity (Wildman–Crippen MR) is 59.2 cm³/mol. The summed E-state index contributed by atoms with van der Waals surface area (Å²) in [5.74, 6) is 0.115. The van der Waals surface area contributed by atoms with E-state index in [1.165, 1.54) is 0 Å². The largest absolute Gasteiger partial charge is 1.00 e. The molecule has 17 heavy (non-hydrogen) atoms. The summed E-state index contributed by atoms with van der Waals surface area (Å²) in [6.45, 7) is 5.79. The molecule has 1 aliphatic rings. The molecule has 0 radical (unpaired) electrons. The number of carboxylic acid groups (broad SMARTS) is 1. The first-order valence-corrected chi connectivity index (χ1v) is 4.98. The zero-order valence-electron chi connectivity index (χ0n) is 11.2. The van der Waals surface area contributed by atoms with Crippen LogP contribution in [0.5, 0.6) is 0 Å². The van der Waals surface area contributed by atoms with Crippen LogP contribution in [0, 0.1) is 0 Å². The van der Waals surface area contributed by atoms with Crippen molar-refractivity contribution in [3.63, 3.8) is 0 Å². The van der Waals surface area contributed by atoms with Crippen molar-refractivity contribution in [3.8, 4) is 0 Å². The Morgan fingerprint density at radius 2 is 2.29 bits per heavy atom. The molecule has 0 atom stereocenters. The molecule has 0 saturated heterocycles. The van der Waals surface area contributed by atoms with E-state index in [0.717, 1.165) is 12.4 Å². The van der Waals surface area contributed by atoms with E-state index in [2.05, 4.69) is 6.58 Å². The number of hydrogen-bond donors (Lipinski definition) is 2. The van der Waals surface area contributed by atoms with Crippen molar-refractivity contribution in [3.05, 3.63) is 12.7 Å². The minimum atomic E-state index is -0.831. The van der Waals surface area contributed by atoms with Gasteiger partial charge in [0.15, 0.2) is 6.54 Å². The zero-order valence-corrected chi connectivity index (χ0v) is 12.2. The van der Waals surface area contributed by atoms with E-state index in [0.29, 0.717) is 19.5 Å². The molecule has 0 bridgehead atoms. The average Bonchev–Trinajstić information content (AvgIpc) is 2.51. The quantitative estimate of drug-likeness (QED) is 0.289. The van der Waals surface area contributed by atoms with Gasteiger partial charge in [0.25, 0.3) is 5.84 Å². The van der Waals surface area contributed by atoms with E-state index in [-0.39, 0.29) is 49.6 Å². The van der Waals surface area contributed by atoms with Crippen LogP contribution in [0.4, 0.5) is 0 Å². The molecule has 1 aliphatic heterocycles. The van der Waals surface area contributed by atoms with Crippen LogP contribution < -0.4 is 29.6 Å². The minimum absolute atomic E-state index is 0. The number of hydrogen-bond acceptors (Lipinski definition) is 4. The first-order chi connectivity index (χ1) is 7.19. The van der Waals surface area contributed by atoms with Crippen molar-refractivity contribution >= 4 is 11.8 Å². The van der Waals surface area contributed by atoms with Crippen molar-refractivity contribution in [2.24, 2.45) is 0 Å². The van der Waals surface area contributed by atoms with Crippen molar-refractivity contribution in [1.29, 1.82) is 0 Å². The molecule has 94 valence electrons. The average molecular weight is 254 g/mol. The maximum Gasteiger partial charge on any atom is 1.00 e. The fourth-order valence-corrected chi connectivity index (χ4v) is 1.78. The molecule has 0 fully saturated rings.